The van der Waals surface area contributed by atoms with Crippen LogP contribution in [0.1, 0.15) is 21.6 Å². The predicted molar refractivity (Wildman–Crippen MR) is 76.0 cm³/mol. The standard InChI is InChI=1S/C13H12BrN3O3/c14-9-3-7-1-2-20-12(7)8(4-9)5-17-6-10(15)11(16-17)13(18)19/h3-4,6H,1-2,5,15H2,(H,18,19). The van der Waals surface area contributed by atoms with Gasteiger partial charge in [-0.15, -0.1) is 0 Å². The van der Waals surface area contributed by atoms with E-state index in [9.17, 15) is 4.79 Å². The third-order valence-electron chi connectivity index (χ3n) is 3.15. The first-order valence-corrected chi connectivity index (χ1v) is 6.84. The SMILES string of the molecule is Nc1cn(Cc2cc(Br)cc3c2OCC3)nc1C(=O)O. The summed E-state index contributed by atoms with van der Waals surface area (Å²) in [5.74, 6) is -0.267. The summed E-state index contributed by atoms with van der Waals surface area (Å²) in [6.45, 7) is 1.08. The van der Waals surface area contributed by atoms with Crippen molar-refractivity contribution in [1.29, 1.82) is 0 Å². The number of aromatic nitrogens is 2. The van der Waals surface area contributed by atoms with Crippen molar-refractivity contribution in [3.63, 3.8) is 0 Å². The zero-order valence-corrected chi connectivity index (χ0v) is 12.1. The highest BCUT2D eigenvalue weighted by molar-refractivity contribution is 9.10. The van der Waals surface area contributed by atoms with E-state index in [-0.39, 0.29) is 11.4 Å². The number of nitrogen functional groups attached to an aromatic ring is 1. The van der Waals surface area contributed by atoms with Gasteiger partial charge in [-0.25, -0.2) is 4.79 Å². The minimum Gasteiger partial charge on any atom is -0.493 e. The lowest BCUT2D eigenvalue weighted by Crippen LogP contribution is -2.05. The van der Waals surface area contributed by atoms with Crippen molar-refractivity contribution in [3.8, 4) is 5.75 Å². The highest BCUT2D eigenvalue weighted by atomic mass is 79.9. The van der Waals surface area contributed by atoms with Gasteiger partial charge in [-0.2, -0.15) is 5.10 Å². The van der Waals surface area contributed by atoms with Crippen molar-refractivity contribution in [2.45, 2.75) is 13.0 Å². The summed E-state index contributed by atoms with van der Waals surface area (Å²) < 4.78 is 8.12. The van der Waals surface area contributed by atoms with Gasteiger partial charge >= 0.3 is 5.97 Å². The van der Waals surface area contributed by atoms with Crippen LogP contribution < -0.4 is 10.5 Å². The van der Waals surface area contributed by atoms with E-state index < -0.39 is 5.97 Å². The number of benzene rings is 1. The van der Waals surface area contributed by atoms with Crippen LogP contribution in [0.3, 0.4) is 0 Å². The van der Waals surface area contributed by atoms with Crippen molar-refractivity contribution >= 4 is 27.6 Å². The van der Waals surface area contributed by atoms with E-state index in [0.29, 0.717) is 13.2 Å². The van der Waals surface area contributed by atoms with Gasteiger partial charge in [0.25, 0.3) is 0 Å². The van der Waals surface area contributed by atoms with Crippen LogP contribution in [0.5, 0.6) is 5.75 Å². The number of hydrogen-bond acceptors (Lipinski definition) is 4. The number of halogens is 1. The first kappa shape index (κ1) is 13.0. The number of aromatic carboxylic acids is 1. The van der Waals surface area contributed by atoms with Crippen LogP contribution in [0.4, 0.5) is 5.69 Å². The smallest absolute Gasteiger partial charge is 0.358 e. The second-order valence-corrected chi connectivity index (χ2v) is 5.50. The molecule has 0 atom stereocenters. The van der Waals surface area contributed by atoms with E-state index in [0.717, 1.165) is 27.8 Å². The van der Waals surface area contributed by atoms with Gasteiger partial charge in [0.2, 0.25) is 0 Å². The molecule has 20 heavy (non-hydrogen) atoms. The van der Waals surface area contributed by atoms with Crippen LogP contribution in [0.15, 0.2) is 22.8 Å². The van der Waals surface area contributed by atoms with Gasteiger partial charge in [0.15, 0.2) is 5.69 Å². The number of carboxylic acid groups (broad SMARTS) is 1. The molecule has 104 valence electrons. The molecule has 0 radical (unpaired) electrons. The van der Waals surface area contributed by atoms with Gasteiger partial charge in [0, 0.05) is 22.7 Å². The maximum Gasteiger partial charge on any atom is 0.358 e. The largest absolute Gasteiger partial charge is 0.493 e. The molecule has 2 aromatic rings. The molecule has 0 fully saturated rings. The summed E-state index contributed by atoms with van der Waals surface area (Å²) in [6.07, 6.45) is 2.40. The van der Waals surface area contributed by atoms with Gasteiger partial charge in [0.1, 0.15) is 5.75 Å². The molecule has 7 heteroatoms. The van der Waals surface area contributed by atoms with Crippen LogP contribution in [0.2, 0.25) is 0 Å². The van der Waals surface area contributed by atoms with E-state index in [1.54, 1.807) is 0 Å². The second-order valence-electron chi connectivity index (χ2n) is 4.59. The van der Waals surface area contributed by atoms with Crippen molar-refractivity contribution in [1.82, 2.24) is 9.78 Å². The summed E-state index contributed by atoms with van der Waals surface area (Å²) in [5, 5.41) is 12.9. The highest BCUT2D eigenvalue weighted by Gasteiger charge is 2.19. The lowest BCUT2D eigenvalue weighted by molar-refractivity contribution is 0.0690. The number of ether oxygens (including phenoxy) is 1. The summed E-state index contributed by atoms with van der Waals surface area (Å²) in [7, 11) is 0. The molecule has 6 nitrogen and oxygen atoms in total. The number of nitrogens with two attached hydrogens (primary N) is 1. The number of carbonyl (C=O) groups is 1. The molecule has 0 amide bonds. The Labute approximate surface area is 123 Å². The summed E-state index contributed by atoms with van der Waals surface area (Å²) >= 11 is 3.47. The van der Waals surface area contributed by atoms with Crippen LogP contribution in [0.25, 0.3) is 0 Å². The Morgan fingerprint density at radius 2 is 2.35 bits per heavy atom. The Kier molecular flexibility index (Phi) is 3.13. The van der Waals surface area contributed by atoms with Gasteiger partial charge in [-0.05, 0) is 17.7 Å². The molecular formula is C13H12BrN3O3. The van der Waals surface area contributed by atoms with E-state index in [4.69, 9.17) is 15.6 Å². The summed E-state index contributed by atoms with van der Waals surface area (Å²) in [6, 6.07) is 3.98. The molecular weight excluding hydrogens is 326 g/mol. The maximum absolute atomic E-state index is 10.9. The van der Waals surface area contributed by atoms with E-state index in [1.807, 2.05) is 12.1 Å². The van der Waals surface area contributed by atoms with Crippen LogP contribution in [-0.4, -0.2) is 27.5 Å². The number of carboxylic acids is 1. The van der Waals surface area contributed by atoms with E-state index >= 15 is 0 Å². The second kappa shape index (κ2) is 4.82. The monoisotopic (exact) mass is 337 g/mol. The number of rotatable bonds is 3. The Bertz CT molecular complexity index is 696. The molecule has 0 aliphatic carbocycles. The molecule has 0 spiro atoms. The first-order chi connectivity index (χ1) is 9.54. The van der Waals surface area contributed by atoms with Gasteiger partial charge in [0.05, 0.1) is 18.8 Å². The fourth-order valence-corrected chi connectivity index (χ4v) is 2.87. The van der Waals surface area contributed by atoms with E-state index in [2.05, 4.69) is 21.0 Å². The number of fused-ring (bicyclic) bond motifs is 1. The van der Waals surface area contributed by atoms with Crippen LogP contribution in [-0.2, 0) is 13.0 Å². The average Bonchev–Trinajstić information content (AvgIpc) is 2.95. The molecule has 2 heterocycles. The molecule has 0 saturated heterocycles. The van der Waals surface area contributed by atoms with Crippen molar-refractivity contribution < 1.29 is 14.6 Å². The van der Waals surface area contributed by atoms with E-state index in [1.165, 1.54) is 10.9 Å². The lowest BCUT2D eigenvalue weighted by atomic mass is 10.1. The lowest BCUT2D eigenvalue weighted by Gasteiger charge is -2.09. The molecule has 1 aromatic heterocycles. The summed E-state index contributed by atoms with van der Waals surface area (Å²) in [5.41, 5.74) is 7.76. The Balaban J connectivity index is 1.96. The first-order valence-electron chi connectivity index (χ1n) is 6.05. The minimum absolute atomic E-state index is 0.127. The molecule has 3 rings (SSSR count). The third-order valence-corrected chi connectivity index (χ3v) is 3.61. The Morgan fingerprint density at radius 3 is 3.05 bits per heavy atom. The topological polar surface area (TPSA) is 90.4 Å². The Hall–Kier alpha value is -2.02. The fraction of sp³-hybridized carbons (Fsp3) is 0.231. The zero-order valence-electron chi connectivity index (χ0n) is 10.5. The molecule has 1 aromatic carbocycles. The molecule has 0 saturated carbocycles. The van der Waals surface area contributed by atoms with Crippen molar-refractivity contribution in [2.24, 2.45) is 0 Å². The van der Waals surface area contributed by atoms with Gasteiger partial charge in [-0.3, -0.25) is 4.68 Å². The van der Waals surface area contributed by atoms with Crippen LogP contribution in [0, 0.1) is 0 Å². The molecule has 1 aliphatic heterocycles. The van der Waals surface area contributed by atoms with Crippen LogP contribution >= 0.6 is 15.9 Å². The normalized spacial score (nSPS) is 13.1. The number of nitrogens with zero attached hydrogens (tertiary/aromatic N) is 2. The molecule has 3 N–H and O–H groups in total. The maximum atomic E-state index is 10.9. The van der Waals surface area contributed by atoms with Gasteiger partial charge < -0.3 is 15.6 Å². The number of hydrogen-bond donors (Lipinski definition) is 2. The minimum atomic E-state index is -1.13. The average molecular weight is 338 g/mol. The third kappa shape index (κ3) is 2.24. The zero-order chi connectivity index (χ0) is 14.3. The van der Waals surface area contributed by atoms with Gasteiger partial charge in [-0.1, -0.05) is 15.9 Å². The highest BCUT2D eigenvalue weighted by Crippen LogP contribution is 2.33. The predicted octanol–water partition coefficient (Wildman–Crippen LogP) is 1.91. The summed E-state index contributed by atoms with van der Waals surface area (Å²) in [4.78, 5) is 10.9. The molecule has 0 bridgehead atoms. The molecule has 1 aliphatic rings. The molecule has 0 unspecified atom stereocenters. The van der Waals surface area contributed by atoms with Crippen molar-refractivity contribution in [3.05, 3.63) is 39.6 Å². The fourth-order valence-electron chi connectivity index (χ4n) is 2.32. The quantitative estimate of drug-likeness (QED) is 0.892. The van der Waals surface area contributed by atoms with Crippen molar-refractivity contribution in [2.75, 3.05) is 12.3 Å². The number of anilines is 1. The Morgan fingerprint density at radius 1 is 1.55 bits per heavy atom.